The van der Waals surface area contributed by atoms with E-state index >= 15 is 0 Å². The third-order valence-electron chi connectivity index (χ3n) is 2.87. The number of carbonyl (C=O) groups is 1. The Balaban J connectivity index is 2.82. The number of amides is 1. The van der Waals surface area contributed by atoms with E-state index in [2.05, 4.69) is 5.32 Å². The normalized spacial score (nSPS) is 11.8. The predicted octanol–water partition coefficient (Wildman–Crippen LogP) is 1.49. The molecule has 110 valence electrons. The van der Waals surface area contributed by atoms with Gasteiger partial charge in [-0.2, -0.15) is 0 Å². The molecule has 0 radical (unpaired) electrons. The van der Waals surface area contributed by atoms with E-state index in [1.165, 1.54) is 25.3 Å². The molecule has 1 atom stereocenters. The molecule has 0 aliphatic rings. The van der Waals surface area contributed by atoms with Crippen LogP contribution in [0.3, 0.4) is 0 Å². The standard InChI is InChI=1S/C13H18N2O5/c1-3-9(16)7-8-14-13(17)10-5-4-6-11(15(18)19)12(10)20-2/h4-6,9,16H,3,7-8H2,1-2H3,(H,14,17). The second-order valence-electron chi connectivity index (χ2n) is 4.22. The number of benzene rings is 1. The number of rotatable bonds is 7. The molecule has 20 heavy (non-hydrogen) atoms. The molecule has 0 bridgehead atoms. The van der Waals surface area contributed by atoms with Gasteiger partial charge in [-0.15, -0.1) is 0 Å². The van der Waals surface area contributed by atoms with E-state index in [0.29, 0.717) is 19.4 Å². The molecule has 0 aromatic heterocycles. The van der Waals surface area contributed by atoms with Crippen LogP contribution in [0.15, 0.2) is 18.2 Å². The third kappa shape index (κ3) is 3.92. The van der Waals surface area contributed by atoms with Gasteiger partial charge in [0.05, 0.1) is 23.7 Å². The summed E-state index contributed by atoms with van der Waals surface area (Å²) in [6.07, 6.45) is 0.567. The van der Waals surface area contributed by atoms with Gasteiger partial charge in [0.1, 0.15) is 0 Å². The minimum Gasteiger partial charge on any atom is -0.490 e. The number of ether oxygens (including phenoxy) is 1. The van der Waals surface area contributed by atoms with Crippen molar-refractivity contribution in [2.45, 2.75) is 25.9 Å². The van der Waals surface area contributed by atoms with E-state index < -0.39 is 16.9 Å². The second-order valence-corrected chi connectivity index (χ2v) is 4.22. The third-order valence-corrected chi connectivity index (χ3v) is 2.87. The Labute approximate surface area is 116 Å². The highest BCUT2D eigenvalue weighted by Gasteiger charge is 2.22. The molecular formula is C13H18N2O5. The summed E-state index contributed by atoms with van der Waals surface area (Å²) in [6, 6.07) is 4.16. The maximum absolute atomic E-state index is 12.0. The van der Waals surface area contributed by atoms with Crippen molar-refractivity contribution >= 4 is 11.6 Å². The van der Waals surface area contributed by atoms with Gasteiger partial charge in [0.15, 0.2) is 0 Å². The molecule has 0 fully saturated rings. The minimum absolute atomic E-state index is 0.0639. The number of hydrogen-bond donors (Lipinski definition) is 2. The highest BCUT2D eigenvalue weighted by molar-refractivity contribution is 5.98. The molecule has 1 rings (SSSR count). The smallest absolute Gasteiger partial charge is 0.311 e. The maximum atomic E-state index is 12.0. The number of nitro groups is 1. The lowest BCUT2D eigenvalue weighted by molar-refractivity contribution is -0.385. The number of methoxy groups -OCH3 is 1. The van der Waals surface area contributed by atoms with E-state index in [-0.39, 0.29) is 17.0 Å². The molecule has 7 heteroatoms. The van der Waals surface area contributed by atoms with Crippen molar-refractivity contribution in [1.29, 1.82) is 0 Å². The number of aliphatic hydroxyl groups is 1. The fourth-order valence-corrected chi connectivity index (χ4v) is 1.71. The molecule has 1 aromatic carbocycles. The highest BCUT2D eigenvalue weighted by Crippen LogP contribution is 2.30. The van der Waals surface area contributed by atoms with Crippen LogP contribution in [0.2, 0.25) is 0 Å². The van der Waals surface area contributed by atoms with Crippen molar-refractivity contribution < 1.29 is 19.6 Å². The molecule has 7 nitrogen and oxygen atoms in total. The Kier molecular flexibility index (Phi) is 5.92. The zero-order valence-electron chi connectivity index (χ0n) is 11.5. The van der Waals surface area contributed by atoms with Gasteiger partial charge >= 0.3 is 5.69 Å². The van der Waals surface area contributed by atoms with Crippen LogP contribution < -0.4 is 10.1 Å². The van der Waals surface area contributed by atoms with Crippen molar-refractivity contribution in [3.63, 3.8) is 0 Å². The SMILES string of the molecule is CCC(O)CCNC(=O)c1cccc([N+](=O)[O-])c1OC. The molecule has 0 aliphatic heterocycles. The summed E-state index contributed by atoms with van der Waals surface area (Å²) in [5.74, 6) is -0.528. The lowest BCUT2D eigenvalue weighted by atomic mass is 10.1. The van der Waals surface area contributed by atoms with Crippen molar-refractivity contribution in [3.8, 4) is 5.75 Å². The number of nitrogens with zero attached hydrogens (tertiary/aromatic N) is 1. The molecule has 1 unspecified atom stereocenters. The van der Waals surface area contributed by atoms with E-state index in [0.717, 1.165) is 0 Å². The van der Waals surface area contributed by atoms with Crippen LogP contribution in [-0.2, 0) is 0 Å². The topological polar surface area (TPSA) is 102 Å². The maximum Gasteiger partial charge on any atom is 0.311 e. The zero-order valence-corrected chi connectivity index (χ0v) is 11.5. The van der Waals surface area contributed by atoms with Crippen LogP contribution in [0.1, 0.15) is 30.1 Å². The summed E-state index contributed by atoms with van der Waals surface area (Å²) >= 11 is 0. The number of nitrogens with one attached hydrogen (secondary N) is 1. The summed E-state index contributed by atoms with van der Waals surface area (Å²) in [5.41, 5.74) is -0.151. The van der Waals surface area contributed by atoms with Crippen LogP contribution in [0.4, 0.5) is 5.69 Å². The fourth-order valence-electron chi connectivity index (χ4n) is 1.71. The monoisotopic (exact) mass is 282 g/mol. The molecule has 1 aromatic rings. The first-order valence-electron chi connectivity index (χ1n) is 6.28. The van der Waals surface area contributed by atoms with Crippen molar-refractivity contribution in [2.24, 2.45) is 0 Å². The van der Waals surface area contributed by atoms with Crippen molar-refractivity contribution in [3.05, 3.63) is 33.9 Å². The van der Waals surface area contributed by atoms with E-state index in [9.17, 15) is 20.0 Å². The van der Waals surface area contributed by atoms with Gasteiger partial charge in [-0.3, -0.25) is 14.9 Å². The fraction of sp³-hybridized carbons (Fsp3) is 0.462. The second kappa shape index (κ2) is 7.44. The van der Waals surface area contributed by atoms with Crippen molar-refractivity contribution in [1.82, 2.24) is 5.32 Å². The number of nitro benzene ring substituents is 1. The Bertz CT molecular complexity index is 490. The number of carbonyl (C=O) groups excluding carboxylic acids is 1. The largest absolute Gasteiger partial charge is 0.490 e. The first-order chi connectivity index (χ1) is 9.51. The molecule has 0 heterocycles. The van der Waals surface area contributed by atoms with Gasteiger partial charge in [-0.1, -0.05) is 13.0 Å². The summed E-state index contributed by atoms with van der Waals surface area (Å²) in [4.78, 5) is 22.2. The van der Waals surface area contributed by atoms with Crippen LogP contribution >= 0.6 is 0 Å². The Hall–Kier alpha value is -2.15. The molecule has 0 saturated carbocycles. The predicted molar refractivity (Wildman–Crippen MR) is 72.9 cm³/mol. The highest BCUT2D eigenvalue weighted by atomic mass is 16.6. The van der Waals surface area contributed by atoms with Gasteiger partial charge in [0.25, 0.3) is 5.91 Å². The lowest BCUT2D eigenvalue weighted by Crippen LogP contribution is -2.27. The minimum atomic E-state index is -0.601. The average Bonchev–Trinajstić information content (AvgIpc) is 2.45. The van der Waals surface area contributed by atoms with Crippen LogP contribution in [-0.4, -0.2) is 35.7 Å². The quantitative estimate of drug-likeness (QED) is 0.582. The summed E-state index contributed by atoms with van der Waals surface area (Å²) in [7, 11) is 1.28. The first kappa shape index (κ1) is 15.9. The van der Waals surface area contributed by atoms with E-state index in [4.69, 9.17) is 4.74 Å². The molecule has 0 saturated heterocycles. The Morgan fingerprint density at radius 3 is 2.80 bits per heavy atom. The lowest BCUT2D eigenvalue weighted by Gasteiger charge is -2.11. The van der Waals surface area contributed by atoms with Gasteiger partial charge in [0, 0.05) is 12.6 Å². The summed E-state index contributed by atoms with van der Waals surface area (Å²) in [5, 5.41) is 22.9. The zero-order chi connectivity index (χ0) is 15.1. The number of para-hydroxylation sites is 1. The molecule has 0 aliphatic carbocycles. The summed E-state index contributed by atoms with van der Waals surface area (Å²) < 4.78 is 4.96. The van der Waals surface area contributed by atoms with Crippen LogP contribution in [0.25, 0.3) is 0 Å². The molecule has 2 N–H and O–H groups in total. The average molecular weight is 282 g/mol. The molecule has 0 spiro atoms. The molecular weight excluding hydrogens is 264 g/mol. The van der Waals surface area contributed by atoms with Crippen molar-refractivity contribution in [2.75, 3.05) is 13.7 Å². The van der Waals surface area contributed by atoms with Gasteiger partial charge in [-0.25, -0.2) is 0 Å². The Morgan fingerprint density at radius 1 is 1.55 bits per heavy atom. The first-order valence-corrected chi connectivity index (χ1v) is 6.28. The van der Waals surface area contributed by atoms with E-state index in [1.807, 2.05) is 6.92 Å². The Morgan fingerprint density at radius 2 is 2.25 bits per heavy atom. The van der Waals surface area contributed by atoms with Gasteiger partial charge in [-0.05, 0) is 18.9 Å². The summed E-state index contributed by atoms with van der Waals surface area (Å²) in [6.45, 7) is 2.13. The van der Waals surface area contributed by atoms with E-state index in [1.54, 1.807) is 0 Å². The van der Waals surface area contributed by atoms with Gasteiger partial charge in [0.2, 0.25) is 5.75 Å². The molecule has 1 amide bonds. The van der Waals surface area contributed by atoms with Crippen LogP contribution in [0.5, 0.6) is 5.75 Å². The van der Waals surface area contributed by atoms with Crippen LogP contribution in [0, 0.1) is 10.1 Å². The number of aliphatic hydroxyl groups excluding tert-OH is 1. The van der Waals surface area contributed by atoms with Gasteiger partial charge < -0.3 is 15.2 Å². The number of hydrogen-bond acceptors (Lipinski definition) is 5.